The smallest absolute Gasteiger partial charge is 0.383 e. The number of anilines is 3. The molecule has 1 aliphatic heterocycles. The van der Waals surface area contributed by atoms with Crippen molar-refractivity contribution in [1.29, 1.82) is 0 Å². The van der Waals surface area contributed by atoms with Gasteiger partial charge < -0.3 is 20.3 Å². The summed E-state index contributed by atoms with van der Waals surface area (Å²) in [5, 5.41) is 5.58. The summed E-state index contributed by atoms with van der Waals surface area (Å²) < 4.78 is 46.4. The highest BCUT2D eigenvalue weighted by Crippen LogP contribution is 2.39. The third-order valence-electron chi connectivity index (χ3n) is 4.79. The number of para-hydroxylation sites is 1. The number of alkyl halides is 3. The predicted molar refractivity (Wildman–Crippen MR) is 112 cm³/mol. The molecule has 1 heterocycles. The van der Waals surface area contributed by atoms with E-state index in [1.165, 1.54) is 19.4 Å². The SMILES string of the molecule is CCCN(CCOC)c1ccc(N/C=C2/C(=O)Nc3ccccc32)cc1C(F)(F)F. The van der Waals surface area contributed by atoms with Crippen molar-refractivity contribution in [3.63, 3.8) is 0 Å². The van der Waals surface area contributed by atoms with E-state index in [1.54, 1.807) is 35.2 Å². The standard InChI is InChI=1S/C22H24F3N3O2/c1-3-10-28(11-12-30-2)20-9-8-15(13-18(20)22(23,24)25)26-14-17-16-6-4-5-7-19(16)27-21(17)29/h4-9,13-14,26H,3,10-12H2,1-2H3,(H,27,29)/b17-14+. The van der Waals surface area contributed by atoms with Crippen molar-refractivity contribution in [3.05, 3.63) is 59.8 Å². The first-order valence-electron chi connectivity index (χ1n) is 9.67. The molecular weight excluding hydrogens is 395 g/mol. The van der Waals surface area contributed by atoms with Gasteiger partial charge in [-0.3, -0.25) is 4.79 Å². The van der Waals surface area contributed by atoms with Gasteiger partial charge in [-0.15, -0.1) is 0 Å². The number of halogens is 3. The molecule has 2 N–H and O–H groups in total. The fraction of sp³-hybridized carbons (Fsp3) is 0.318. The van der Waals surface area contributed by atoms with Crippen molar-refractivity contribution >= 4 is 28.5 Å². The molecule has 0 bridgehead atoms. The summed E-state index contributed by atoms with van der Waals surface area (Å²) in [5.41, 5.74) is 1.39. The van der Waals surface area contributed by atoms with E-state index < -0.39 is 11.7 Å². The lowest BCUT2D eigenvalue weighted by atomic mass is 10.1. The highest BCUT2D eigenvalue weighted by Gasteiger charge is 2.35. The van der Waals surface area contributed by atoms with Crippen LogP contribution in [0.25, 0.3) is 5.57 Å². The summed E-state index contributed by atoms with van der Waals surface area (Å²) in [4.78, 5) is 13.9. The highest BCUT2D eigenvalue weighted by atomic mass is 19.4. The molecule has 0 radical (unpaired) electrons. The number of benzene rings is 2. The molecule has 0 aromatic heterocycles. The molecule has 3 rings (SSSR count). The van der Waals surface area contributed by atoms with Crippen molar-refractivity contribution in [3.8, 4) is 0 Å². The number of nitrogens with one attached hydrogen (secondary N) is 2. The molecule has 0 spiro atoms. The Kier molecular flexibility index (Phi) is 6.66. The van der Waals surface area contributed by atoms with Crippen molar-refractivity contribution in [2.24, 2.45) is 0 Å². The second-order valence-electron chi connectivity index (χ2n) is 6.91. The number of hydrogen-bond acceptors (Lipinski definition) is 4. The van der Waals surface area contributed by atoms with Crippen molar-refractivity contribution in [1.82, 2.24) is 0 Å². The number of nitrogens with zero attached hydrogens (tertiary/aromatic N) is 1. The van der Waals surface area contributed by atoms with Gasteiger partial charge in [0, 0.05) is 49.0 Å². The zero-order valence-corrected chi connectivity index (χ0v) is 16.8. The summed E-state index contributed by atoms with van der Waals surface area (Å²) in [6.07, 6.45) is -2.37. The van der Waals surface area contributed by atoms with Crippen LogP contribution in [0.3, 0.4) is 0 Å². The van der Waals surface area contributed by atoms with E-state index in [-0.39, 0.29) is 17.3 Å². The molecule has 30 heavy (non-hydrogen) atoms. The molecule has 2 aromatic rings. The minimum absolute atomic E-state index is 0.114. The average Bonchev–Trinajstić information content (AvgIpc) is 3.04. The molecule has 0 unspecified atom stereocenters. The average molecular weight is 419 g/mol. The van der Waals surface area contributed by atoms with Gasteiger partial charge in [0.15, 0.2) is 0 Å². The van der Waals surface area contributed by atoms with Crippen LogP contribution in [0, 0.1) is 0 Å². The Morgan fingerprint density at radius 1 is 1.17 bits per heavy atom. The summed E-state index contributed by atoms with van der Waals surface area (Å²) in [6.45, 7) is 3.10. The Morgan fingerprint density at radius 3 is 2.63 bits per heavy atom. The monoisotopic (exact) mass is 419 g/mol. The van der Waals surface area contributed by atoms with Crippen molar-refractivity contribution < 1.29 is 22.7 Å². The summed E-state index contributed by atoms with van der Waals surface area (Å²) >= 11 is 0. The van der Waals surface area contributed by atoms with Gasteiger partial charge in [-0.1, -0.05) is 25.1 Å². The van der Waals surface area contributed by atoms with Crippen LogP contribution in [-0.2, 0) is 15.7 Å². The van der Waals surface area contributed by atoms with Gasteiger partial charge in [-0.25, -0.2) is 0 Å². The van der Waals surface area contributed by atoms with Crippen LogP contribution in [0.4, 0.5) is 30.2 Å². The van der Waals surface area contributed by atoms with Gasteiger partial charge >= 0.3 is 6.18 Å². The summed E-state index contributed by atoms with van der Waals surface area (Å²) in [6, 6.07) is 11.3. The number of fused-ring (bicyclic) bond motifs is 1. The molecular formula is C22H24F3N3O2. The third-order valence-corrected chi connectivity index (χ3v) is 4.79. The zero-order valence-electron chi connectivity index (χ0n) is 16.8. The lowest BCUT2D eigenvalue weighted by Crippen LogP contribution is -2.30. The maximum Gasteiger partial charge on any atom is 0.418 e. The predicted octanol–water partition coefficient (Wildman–Crippen LogP) is 4.97. The maximum absolute atomic E-state index is 13.8. The molecule has 0 atom stereocenters. The van der Waals surface area contributed by atoms with Gasteiger partial charge in [0.2, 0.25) is 0 Å². The Bertz CT molecular complexity index is 941. The largest absolute Gasteiger partial charge is 0.418 e. The fourth-order valence-corrected chi connectivity index (χ4v) is 3.39. The molecule has 1 amide bonds. The first kappa shape index (κ1) is 21.7. The second kappa shape index (κ2) is 9.21. The number of carbonyl (C=O) groups excluding carboxylic acids is 1. The topological polar surface area (TPSA) is 53.6 Å². The molecule has 0 fully saturated rings. The molecule has 160 valence electrons. The molecule has 0 saturated carbocycles. The van der Waals surface area contributed by atoms with Crippen LogP contribution in [0.15, 0.2) is 48.7 Å². The number of amides is 1. The van der Waals surface area contributed by atoms with Crippen LogP contribution >= 0.6 is 0 Å². The lowest BCUT2D eigenvalue weighted by Gasteiger charge is -2.27. The Morgan fingerprint density at radius 2 is 1.93 bits per heavy atom. The van der Waals surface area contributed by atoms with Gasteiger partial charge in [-0.05, 0) is 30.7 Å². The molecule has 1 aliphatic rings. The quantitative estimate of drug-likeness (QED) is 0.593. The van der Waals surface area contributed by atoms with Crippen LogP contribution in [-0.4, -0.2) is 32.7 Å². The first-order valence-corrected chi connectivity index (χ1v) is 9.67. The zero-order chi connectivity index (χ0) is 21.7. The fourth-order valence-electron chi connectivity index (χ4n) is 3.39. The van der Waals surface area contributed by atoms with E-state index in [4.69, 9.17) is 4.74 Å². The number of methoxy groups -OCH3 is 1. The van der Waals surface area contributed by atoms with Crippen LogP contribution in [0.2, 0.25) is 0 Å². The van der Waals surface area contributed by atoms with E-state index in [0.29, 0.717) is 42.9 Å². The third kappa shape index (κ3) is 4.76. The van der Waals surface area contributed by atoms with Crippen LogP contribution in [0.5, 0.6) is 0 Å². The first-order chi connectivity index (χ1) is 14.3. The van der Waals surface area contributed by atoms with E-state index >= 15 is 0 Å². The Balaban J connectivity index is 1.91. The van der Waals surface area contributed by atoms with Gasteiger partial charge in [0.05, 0.1) is 17.7 Å². The number of ether oxygens (including phenoxy) is 1. The number of hydrogen-bond donors (Lipinski definition) is 2. The number of rotatable bonds is 8. The second-order valence-corrected chi connectivity index (χ2v) is 6.91. The highest BCUT2D eigenvalue weighted by molar-refractivity contribution is 6.31. The van der Waals surface area contributed by atoms with Crippen molar-refractivity contribution in [2.75, 3.05) is 42.3 Å². The molecule has 8 heteroatoms. The maximum atomic E-state index is 13.8. The summed E-state index contributed by atoms with van der Waals surface area (Å²) in [5.74, 6) is -0.301. The van der Waals surface area contributed by atoms with E-state index in [2.05, 4.69) is 10.6 Å². The van der Waals surface area contributed by atoms with Gasteiger partial charge in [-0.2, -0.15) is 13.2 Å². The van der Waals surface area contributed by atoms with Crippen molar-refractivity contribution in [2.45, 2.75) is 19.5 Å². The minimum atomic E-state index is -4.52. The van der Waals surface area contributed by atoms with Gasteiger partial charge in [0.25, 0.3) is 5.91 Å². The van der Waals surface area contributed by atoms with Gasteiger partial charge in [0.1, 0.15) is 0 Å². The van der Waals surface area contributed by atoms with E-state index in [1.807, 2.05) is 6.92 Å². The molecule has 0 saturated heterocycles. The molecule has 0 aliphatic carbocycles. The molecule has 2 aromatic carbocycles. The van der Waals surface area contributed by atoms with Crippen LogP contribution < -0.4 is 15.5 Å². The normalized spacial score (nSPS) is 14.6. The van der Waals surface area contributed by atoms with E-state index in [0.717, 1.165) is 6.07 Å². The molecule has 5 nitrogen and oxygen atoms in total. The Hall–Kier alpha value is -3.00. The van der Waals surface area contributed by atoms with E-state index in [9.17, 15) is 18.0 Å². The lowest BCUT2D eigenvalue weighted by molar-refractivity contribution is -0.137. The summed E-state index contributed by atoms with van der Waals surface area (Å²) in [7, 11) is 1.52. The number of carbonyl (C=O) groups is 1. The van der Waals surface area contributed by atoms with Crippen LogP contribution in [0.1, 0.15) is 24.5 Å². The minimum Gasteiger partial charge on any atom is -0.383 e. The Labute approximate surface area is 173 Å².